The Morgan fingerprint density at radius 2 is 2.40 bits per heavy atom. The van der Waals surface area contributed by atoms with E-state index in [0.717, 1.165) is 11.1 Å². The van der Waals surface area contributed by atoms with Crippen molar-refractivity contribution in [1.29, 1.82) is 0 Å². The van der Waals surface area contributed by atoms with Crippen LogP contribution in [0.4, 0.5) is 5.82 Å². The molecule has 0 bridgehead atoms. The lowest BCUT2D eigenvalue weighted by atomic mass is 10.0. The normalized spacial score (nSPS) is 21.2. The van der Waals surface area contributed by atoms with Gasteiger partial charge in [0.25, 0.3) is 0 Å². The zero-order chi connectivity index (χ0) is 10.8. The van der Waals surface area contributed by atoms with E-state index >= 15 is 0 Å². The van der Waals surface area contributed by atoms with E-state index in [4.69, 9.17) is 17.3 Å². The Morgan fingerprint density at radius 1 is 1.60 bits per heavy atom. The third-order valence-electron chi connectivity index (χ3n) is 2.29. The van der Waals surface area contributed by atoms with Crippen LogP contribution in [-0.4, -0.2) is 29.3 Å². The fraction of sp³-hybridized carbons (Fsp3) is 0.300. The molecule has 80 valence electrons. The van der Waals surface area contributed by atoms with Gasteiger partial charge in [0.2, 0.25) is 0 Å². The van der Waals surface area contributed by atoms with E-state index in [0.29, 0.717) is 23.9 Å². The third kappa shape index (κ3) is 2.28. The minimum absolute atomic E-state index is 0.432. The number of aromatic nitrogens is 1. The minimum atomic E-state index is -0.480. The lowest BCUT2D eigenvalue weighted by Crippen LogP contribution is -2.32. The van der Waals surface area contributed by atoms with Crippen molar-refractivity contribution in [2.75, 3.05) is 18.8 Å². The molecule has 0 aliphatic carbocycles. The van der Waals surface area contributed by atoms with Gasteiger partial charge >= 0.3 is 0 Å². The average molecular weight is 226 g/mol. The largest absolute Gasteiger partial charge is 0.388 e. The highest BCUT2D eigenvalue weighted by Gasteiger charge is 2.14. The molecule has 5 heteroatoms. The first-order valence-electron chi connectivity index (χ1n) is 4.67. The Labute approximate surface area is 92.8 Å². The molecule has 1 atom stereocenters. The summed E-state index contributed by atoms with van der Waals surface area (Å²) in [7, 11) is 0. The molecule has 1 aliphatic rings. The lowest BCUT2D eigenvalue weighted by Gasteiger charge is -2.19. The van der Waals surface area contributed by atoms with Crippen LogP contribution in [0, 0.1) is 0 Å². The number of anilines is 1. The van der Waals surface area contributed by atoms with Crippen LogP contribution in [-0.2, 0) is 0 Å². The Kier molecular flexibility index (Phi) is 2.90. The molecule has 0 radical (unpaired) electrons. The van der Waals surface area contributed by atoms with Gasteiger partial charge in [0, 0.05) is 24.8 Å². The van der Waals surface area contributed by atoms with E-state index < -0.39 is 6.10 Å². The molecule has 2 rings (SSSR count). The first-order chi connectivity index (χ1) is 7.16. The quantitative estimate of drug-likeness (QED) is 0.657. The van der Waals surface area contributed by atoms with Gasteiger partial charge in [0.05, 0.1) is 11.1 Å². The van der Waals surface area contributed by atoms with E-state index in [2.05, 4.69) is 10.3 Å². The SMILES string of the molecule is Nc1ncc(Cl)cc1C1=CC(O)CNC1. The standard InChI is InChI=1S/C10H12ClN3O/c11-7-2-9(10(12)14-4-7)6-1-8(15)5-13-3-6/h1-2,4,8,13,15H,3,5H2,(H2,12,14). The molecule has 0 saturated heterocycles. The smallest absolute Gasteiger partial charge is 0.131 e. The van der Waals surface area contributed by atoms with Crippen LogP contribution in [0.25, 0.3) is 5.57 Å². The lowest BCUT2D eigenvalue weighted by molar-refractivity contribution is 0.217. The summed E-state index contributed by atoms with van der Waals surface area (Å²) in [5, 5.41) is 13.1. The van der Waals surface area contributed by atoms with Crippen molar-refractivity contribution in [2.45, 2.75) is 6.10 Å². The number of rotatable bonds is 1. The average Bonchev–Trinajstić information content (AvgIpc) is 2.22. The van der Waals surface area contributed by atoms with Crippen molar-refractivity contribution in [2.24, 2.45) is 0 Å². The van der Waals surface area contributed by atoms with Crippen molar-refractivity contribution in [3.8, 4) is 0 Å². The van der Waals surface area contributed by atoms with Gasteiger partial charge in [-0.05, 0) is 17.7 Å². The predicted molar refractivity (Wildman–Crippen MR) is 60.5 cm³/mol. The number of hydrogen-bond donors (Lipinski definition) is 3. The first-order valence-corrected chi connectivity index (χ1v) is 5.05. The molecule has 4 N–H and O–H groups in total. The maximum Gasteiger partial charge on any atom is 0.131 e. The number of nitrogen functional groups attached to an aromatic ring is 1. The molecule has 2 heterocycles. The molecule has 1 aliphatic heterocycles. The maximum atomic E-state index is 9.47. The summed E-state index contributed by atoms with van der Waals surface area (Å²) in [6, 6.07) is 1.76. The van der Waals surface area contributed by atoms with Crippen LogP contribution in [0.3, 0.4) is 0 Å². The van der Waals surface area contributed by atoms with Gasteiger partial charge in [-0.2, -0.15) is 0 Å². The Bertz CT molecular complexity index is 406. The number of pyridine rings is 1. The highest BCUT2D eigenvalue weighted by Crippen LogP contribution is 2.24. The van der Waals surface area contributed by atoms with E-state index in [9.17, 15) is 5.11 Å². The molecule has 4 nitrogen and oxygen atoms in total. The molecule has 0 spiro atoms. The summed E-state index contributed by atoms with van der Waals surface area (Å²) in [6.45, 7) is 1.24. The molecule has 0 amide bonds. The summed E-state index contributed by atoms with van der Waals surface area (Å²) < 4.78 is 0. The van der Waals surface area contributed by atoms with Crippen LogP contribution in [0.5, 0.6) is 0 Å². The number of nitrogens with one attached hydrogen (secondary N) is 1. The number of nitrogens with zero attached hydrogens (tertiary/aromatic N) is 1. The van der Waals surface area contributed by atoms with Gasteiger partial charge in [0.1, 0.15) is 5.82 Å². The Balaban J connectivity index is 2.40. The fourth-order valence-corrected chi connectivity index (χ4v) is 1.75. The molecule has 0 saturated carbocycles. The second kappa shape index (κ2) is 4.18. The molecule has 15 heavy (non-hydrogen) atoms. The monoisotopic (exact) mass is 225 g/mol. The number of β-amino-alcohol motifs (C(OH)–C–C–N with tert-alkyl or cyclic N) is 1. The second-order valence-electron chi connectivity index (χ2n) is 3.48. The molecule has 1 aromatic heterocycles. The number of halogens is 1. The molecular formula is C10H12ClN3O. The molecular weight excluding hydrogens is 214 g/mol. The summed E-state index contributed by atoms with van der Waals surface area (Å²) in [6.07, 6.45) is 2.81. The first kappa shape index (κ1) is 10.4. The van der Waals surface area contributed by atoms with Crippen LogP contribution >= 0.6 is 11.6 Å². The van der Waals surface area contributed by atoms with Crippen LogP contribution < -0.4 is 11.1 Å². The van der Waals surface area contributed by atoms with Crippen molar-refractivity contribution in [3.63, 3.8) is 0 Å². The van der Waals surface area contributed by atoms with Crippen LogP contribution in [0.15, 0.2) is 18.3 Å². The van der Waals surface area contributed by atoms with Crippen LogP contribution in [0.2, 0.25) is 5.02 Å². The Morgan fingerprint density at radius 3 is 3.13 bits per heavy atom. The van der Waals surface area contributed by atoms with E-state index in [1.165, 1.54) is 6.20 Å². The number of hydrogen-bond acceptors (Lipinski definition) is 4. The zero-order valence-corrected chi connectivity index (χ0v) is 8.83. The third-order valence-corrected chi connectivity index (χ3v) is 2.50. The summed E-state index contributed by atoms with van der Waals surface area (Å²) >= 11 is 5.84. The highest BCUT2D eigenvalue weighted by atomic mass is 35.5. The van der Waals surface area contributed by atoms with Gasteiger partial charge in [-0.25, -0.2) is 4.98 Å². The molecule has 0 aromatic carbocycles. The van der Waals surface area contributed by atoms with Gasteiger partial charge in [-0.3, -0.25) is 0 Å². The molecule has 0 fully saturated rings. The predicted octanol–water partition coefficient (Wildman–Crippen LogP) is 0.665. The second-order valence-corrected chi connectivity index (χ2v) is 3.91. The van der Waals surface area contributed by atoms with E-state index in [1.807, 2.05) is 0 Å². The van der Waals surface area contributed by atoms with Crippen molar-refractivity contribution >= 4 is 23.0 Å². The van der Waals surface area contributed by atoms with Crippen molar-refractivity contribution in [1.82, 2.24) is 10.3 Å². The van der Waals surface area contributed by atoms with Gasteiger partial charge < -0.3 is 16.2 Å². The summed E-state index contributed by atoms with van der Waals surface area (Å²) in [5.41, 5.74) is 7.46. The zero-order valence-electron chi connectivity index (χ0n) is 8.07. The summed E-state index contributed by atoms with van der Waals surface area (Å²) in [4.78, 5) is 3.97. The maximum absolute atomic E-state index is 9.47. The molecule has 1 unspecified atom stereocenters. The number of aliphatic hydroxyl groups is 1. The van der Waals surface area contributed by atoms with Gasteiger partial charge in [-0.1, -0.05) is 11.6 Å². The summed E-state index contributed by atoms with van der Waals surface area (Å²) in [5.74, 6) is 0.432. The minimum Gasteiger partial charge on any atom is -0.388 e. The topological polar surface area (TPSA) is 71.2 Å². The fourth-order valence-electron chi connectivity index (χ4n) is 1.60. The van der Waals surface area contributed by atoms with Crippen molar-refractivity contribution < 1.29 is 5.11 Å². The Hall–Kier alpha value is -1.10. The highest BCUT2D eigenvalue weighted by molar-refractivity contribution is 6.30. The number of aliphatic hydroxyl groups excluding tert-OH is 1. The van der Waals surface area contributed by atoms with Gasteiger partial charge in [-0.15, -0.1) is 0 Å². The van der Waals surface area contributed by atoms with Crippen molar-refractivity contribution in [3.05, 3.63) is 28.9 Å². The molecule has 1 aromatic rings. The van der Waals surface area contributed by atoms with Gasteiger partial charge in [0.15, 0.2) is 0 Å². The van der Waals surface area contributed by atoms with E-state index in [1.54, 1.807) is 12.1 Å². The van der Waals surface area contributed by atoms with Crippen LogP contribution in [0.1, 0.15) is 5.56 Å². The number of nitrogens with two attached hydrogens (primary N) is 1. The van der Waals surface area contributed by atoms with E-state index in [-0.39, 0.29) is 0 Å².